The van der Waals surface area contributed by atoms with Gasteiger partial charge in [0.25, 0.3) is 5.56 Å². The average molecular weight is 348 g/mol. The van der Waals surface area contributed by atoms with Gasteiger partial charge in [-0.05, 0) is 35.7 Å². The summed E-state index contributed by atoms with van der Waals surface area (Å²) in [5.74, 6) is 1.60. The molecular weight excluding hydrogens is 332 g/mol. The van der Waals surface area contributed by atoms with Crippen LogP contribution in [0.3, 0.4) is 0 Å². The fourth-order valence-electron chi connectivity index (χ4n) is 2.66. The van der Waals surface area contributed by atoms with Gasteiger partial charge < -0.3 is 10.2 Å². The highest BCUT2D eigenvalue weighted by molar-refractivity contribution is 7.10. The van der Waals surface area contributed by atoms with Gasteiger partial charge in [-0.15, -0.1) is 11.3 Å². The predicted molar refractivity (Wildman–Crippen MR) is 102 cm³/mol. The molecule has 2 heterocycles. The Morgan fingerprint density at radius 3 is 2.60 bits per heavy atom. The van der Waals surface area contributed by atoms with Crippen LogP contribution in [0.5, 0.6) is 11.5 Å². The Hall–Kier alpha value is -3.05. The second-order valence-electron chi connectivity index (χ2n) is 5.52. The van der Waals surface area contributed by atoms with Crippen molar-refractivity contribution in [3.8, 4) is 11.5 Å². The molecule has 0 atom stereocenters. The van der Waals surface area contributed by atoms with Crippen LogP contribution in [0.2, 0.25) is 0 Å². The summed E-state index contributed by atoms with van der Waals surface area (Å²) in [4.78, 5) is 13.3. The van der Waals surface area contributed by atoms with Crippen molar-refractivity contribution in [2.75, 3.05) is 5.43 Å². The Balaban J connectivity index is 1.58. The first-order valence-corrected chi connectivity index (χ1v) is 8.83. The molecule has 0 radical (unpaired) electrons. The SMILES string of the molecule is O=c1ccc2ccccc2n1NCc1sccc1Oc1ccccc1. The minimum atomic E-state index is -0.0826. The third-order valence-corrected chi connectivity index (χ3v) is 4.78. The molecule has 25 heavy (non-hydrogen) atoms. The second-order valence-corrected chi connectivity index (χ2v) is 6.52. The smallest absolute Gasteiger partial charge is 0.269 e. The third kappa shape index (κ3) is 3.27. The topological polar surface area (TPSA) is 43.3 Å². The number of nitrogens with one attached hydrogen (secondary N) is 1. The van der Waals surface area contributed by atoms with Crippen molar-refractivity contribution < 1.29 is 4.74 Å². The molecule has 0 aliphatic heterocycles. The number of pyridine rings is 1. The molecule has 2 aromatic carbocycles. The summed E-state index contributed by atoms with van der Waals surface area (Å²) >= 11 is 1.60. The maximum absolute atomic E-state index is 12.2. The number of fused-ring (bicyclic) bond motifs is 1. The van der Waals surface area contributed by atoms with E-state index >= 15 is 0 Å². The molecule has 5 heteroatoms. The van der Waals surface area contributed by atoms with Crippen molar-refractivity contribution in [3.05, 3.63) is 93.4 Å². The van der Waals surface area contributed by atoms with Crippen LogP contribution in [0.25, 0.3) is 10.9 Å². The predicted octanol–water partition coefficient (Wildman–Crippen LogP) is 4.60. The van der Waals surface area contributed by atoms with Gasteiger partial charge in [0.05, 0.1) is 16.9 Å². The highest BCUT2D eigenvalue weighted by Crippen LogP contribution is 2.29. The second kappa shape index (κ2) is 6.83. The highest BCUT2D eigenvalue weighted by Gasteiger charge is 2.08. The van der Waals surface area contributed by atoms with Crippen molar-refractivity contribution in [3.63, 3.8) is 0 Å². The summed E-state index contributed by atoms with van der Waals surface area (Å²) < 4.78 is 7.52. The monoisotopic (exact) mass is 348 g/mol. The standard InChI is InChI=1S/C20H16N2O2S/c23-20-11-10-15-6-4-5-9-17(15)22(20)21-14-19-18(12-13-25-19)24-16-7-2-1-3-8-16/h1-13,21H,14H2. The molecule has 2 aromatic heterocycles. The van der Waals surface area contributed by atoms with Gasteiger partial charge in [0.15, 0.2) is 0 Å². The van der Waals surface area contributed by atoms with Crippen LogP contribution >= 0.6 is 11.3 Å². The minimum absolute atomic E-state index is 0.0826. The van der Waals surface area contributed by atoms with E-state index in [1.54, 1.807) is 22.1 Å². The molecule has 4 aromatic rings. The molecule has 0 aliphatic carbocycles. The maximum Gasteiger partial charge on any atom is 0.269 e. The Morgan fingerprint density at radius 1 is 0.920 bits per heavy atom. The van der Waals surface area contributed by atoms with E-state index in [2.05, 4.69) is 5.43 Å². The summed E-state index contributed by atoms with van der Waals surface area (Å²) in [6, 6.07) is 22.8. The number of rotatable bonds is 5. The van der Waals surface area contributed by atoms with Crippen molar-refractivity contribution in [1.29, 1.82) is 0 Å². The molecule has 0 spiro atoms. The molecule has 0 fully saturated rings. The number of hydrogen-bond acceptors (Lipinski definition) is 4. The van der Waals surface area contributed by atoms with Gasteiger partial charge in [0.1, 0.15) is 11.5 Å². The van der Waals surface area contributed by atoms with Crippen molar-refractivity contribution in [2.24, 2.45) is 0 Å². The lowest BCUT2D eigenvalue weighted by Gasteiger charge is -2.13. The van der Waals surface area contributed by atoms with Crippen molar-refractivity contribution >= 4 is 22.2 Å². The fraction of sp³-hybridized carbons (Fsp3) is 0.0500. The van der Waals surface area contributed by atoms with Crippen LogP contribution in [-0.4, -0.2) is 4.68 Å². The Labute approximate surface area is 148 Å². The molecule has 0 saturated carbocycles. The molecular formula is C20H16N2O2S. The van der Waals surface area contributed by atoms with Gasteiger partial charge in [-0.2, -0.15) is 0 Å². The zero-order valence-electron chi connectivity index (χ0n) is 13.4. The lowest BCUT2D eigenvalue weighted by molar-refractivity contribution is 0.479. The van der Waals surface area contributed by atoms with Gasteiger partial charge in [-0.1, -0.05) is 36.4 Å². The van der Waals surface area contributed by atoms with Crippen LogP contribution in [0, 0.1) is 0 Å². The van der Waals surface area contributed by atoms with Gasteiger partial charge >= 0.3 is 0 Å². The van der Waals surface area contributed by atoms with Crippen molar-refractivity contribution in [1.82, 2.24) is 4.68 Å². The summed E-state index contributed by atoms with van der Waals surface area (Å²) in [5.41, 5.74) is 3.99. The zero-order chi connectivity index (χ0) is 17.1. The van der Waals surface area contributed by atoms with E-state index in [-0.39, 0.29) is 5.56 Å². The first kappa shape index (κ1) is 15.5. The van der Waals surface area contributed by atoms with Crippen LogP contribution in [0.15, 0.2) is 83.0 Å². The average Bonchev–Trinajstić information content (AvgIpc) is 3.09. The highest BCUT2D eigenvalue weighted by atomic mass is 32.1. The molecule has 0 saturated heterocycles. The molecule has 4 nitrogen and oxygen atoms in total. The van der Waals surface area contributed by atoms with E-state index < -0.39 is 0 Å². The number of nitrogens with zero attached hydrogens (tertiary/aromatic N) is 1. The third-order valence-electron chi connectivity index (χ3n) is 3.88. The number of aromatic nitrogens is 1. The summed E-state index contributed by atoms with van der Waals surface area (Å²) in [7, 11) is 0. The van der Waals surface area contributed by atoms with Gasteiger partial charge in [0.2, 0.25) is 0 Å². The summed E-state index contributed by atoms with van der Waals surface area (Å²) in [5, 5.41) is 3.00. The van der Waals surface area contributed by atoms with E-state index in [9.17, 15) is 4.79 Å². The van der Waals surface area contributed by atoms with Crippen LogP contribution in [0.1, 0.15) is 4.88 Å². The van der Waals surface area contributed by atoms with E-state index in [4.69, 9.17) is 4.74 Å². The summed E-state index contributed by atoms with van der Waals surface area (Å²) in [6.45, 7) is 0.508. The van der Waals surface area contributed by atoms with Crippen LogP contribution in [0.4, 0.5) is 0 Å². The number of para-hydroxylation sites is 2. The van der Waals surface area contributed by atoms with Crippen LogP contribution in [-0.2, 0) is 6.54 Å². The fourth-order valence-corrected chi connectivity index (χ4v) is 3.39. The molecule has 0 aliphatic rings. The lowest BCUT2D eigenvalue weighted by atomic mass is 10.2. The van der Waals surface area contributed by atoms with E-state index in [0.717, 1.165) is 27.3 Å². The normalized spacial score (nSPS) is 10.7. The summed E-state index contributed by atoms with van der Waals surface area (Å²) in [6.07, 6.45) is 0. The Bertz CT molecular complexity index is 1050. The van der Waals surface area contributed by atoms with E-state index in [0.29, 0.717) is 6.54 Å². The molecule has 1 N–H and O–H groups in total. The van der Waals surface area contributed by atoms with Crippen LogP contribution < -0.4 is 15.7 Å². The van der Waals surface area contributed by atoms with E-state index in [1.165, 1.54) is 0 Å². The van der Waals surface area contributed by atoms with Gasteiger partial charge in [0, 0.05) is 11.5 Å². The number of benzene rings is 2. The van der Waals surface area contributed by atoms with Crippen molar-refractivity contribution in [2.45, 2.75) is 6.54 Å². The zero-order valence-corrected chi connectivity index (χ0v) is 14.2. The Morgan fingerprint density at radius 2 is 1.72 bits per heavy atom. The quantitative estimate of drug-likeness (QED) is 0.573. The number of thiophene rings is 1. The molecule has 0 unspecified atom stereocenters. The maximum atomic E-state index is 12.2. The van der Waals surface area contributed by atoms with Gasteiger partial charge in [-0.25, -0.2) is 4.68 Å². The van der Waals surface area contributed by atoms with E-state index in [1.807, 2.05) is 72.1 Å². The molecule has 4 rings (SSSR count). The molecule has 124 valence electrons. The Kier molecular flexibility index (Phi) is 4.23. The first-order valence-electron chi connectivity index (χ1n) is 7.95. The lowest BCUT2D eigenvalue weighted by Crippen LogP contribution is -2.28. The van der Waals surface area contributed by atoms with Gasteiger partial charge in [-0.3, -0.25) is 4.79 Å². The number of hydrogen-bond donors (Lipinski definition) is 1. The number of ether oxygens (including phenoxy) is 1. The molecule has 0 amide bonds. The first-order chi connectivity index (χ1) is 12.3. The largest absolute Gasteiger partial charge is 0.456 e. The minimum Gasteiger partial charge on any atom is -0.456 e. The molecule has 0 bridgehead atoms.